The largest absolute Gasteiger partial charge is 0.467 e. The first kappa shape index (κ1) is 20.2. The first-order valence-corrected chi connectivity index (χ1v) is 11.0. The van der Waals surface area contributed by atoms with Crippen LogP contribution in [0.2, 0.25) is 0 Å². The molecule has 4 aromatic rings. The summed E-state index contributed by atoms with van der Waals surface area (Å²) in [5.41, 5.74) is 1.71. The molecule has 1 aliphatic rings. The van der Waals surface area contributed by atoms with Crippen LogP contribution in [0.4, 0.5) is 5.13 Å². The highest BCUT2D eigenvalue weighted by Crippen LogP contribution is 2.38. The van der Waals surface area contributed by atoms with E-state index in [2.05, 4.69) is 10.3 Å². The number of hydrogen-bond acceptors (Lipinski definition) is 6. The maximum Gasteiger partial charge on any atom is 0.231 e. The maximum absolute atomic E-state index is 13.0. The molecule has 0 spiro atoms. The van der Waals surface area contributed by atoms with E-state index < -0.39 is 5.92 Å². The fourth-order valence-electron chi connectivity index (χ4n) is 3.80. The second-order valence-electron chi connectivity index (χ2n) is 7.67. The average Bonchev–Trinajstić information content (AvgIpc) is 3.58. The molecule has 2 amide bonds. The van der Waals surface area contributed by atoms with Crippen molar-refractivity contribution in [3.63, 3.8) is 0 Å². The molecule has 1 aromatic carbocycles. The highest BCUT2D eigenvalue weighted by atomic mass is 32.1. The molecule has 1 saturated heterocycles. The third-order valence-corrected chi connectivity index (χ3v) is 6.41. The second-order valence-corrected chi connectivity index (χ2v) is 8.67. The van der Waals surface area contributed by atoms with Crippen LogP contribution in [0.15, 0.2) is 65.5 Å². The van der Waals surface area contributed by atoms with Gasteiger partial charge in [-0.05, 0) is 12.1 Å². The zero-order chi connectivity index (χ0) is 22.1. The van der Waals surface area contributed by atoms with Crippen molar-refractivity contribution in [2.24, 2.45) is 13.0 Å². The summed E-state index contributed by atoms with van der Waals surface area (Å²) in [5, 5.41) is 3.41. The number of aryl methyl sites for hydroxylation is 1. The van der Waals surface area contributed by atoms with Gasteiger partial charge in [0.15, 0.2) is 11.0 Å². The summed E-state index contributed by atoms with van der Waals surface area (Å²) in [7, 11) is 1.92. The van der Waals surface area contributed by atoms with Crippen LogP contribution in [0.3, 0.4) is 0 Å². The molecule has 8 nitrogen and oxygen atoms in total. The molecule has 0 aliphatic carbocycles. The van der Waals surface area contributed by atoms with Crippen molar-refractivity contribution in [1.29, 1.82) is 0 Å². The molecule has 0 bridgehead atoms. The van der Waals surface area contributed by atoms with Crippen molar-refractivity contribution in [3.05, 3.63) is 66.9 Å². The first-order valence-electron chi connectivity index (χ1n) is 10.2. The van der Waals surface area contributed by atoms with Crippen molar-refractivity contribution in [3.8, 4) is 22.0 Å². The third-order valence-electron chi connectivity index (χ3n) is 5.44. The Morgan fingerprint density at radius 1 is 1.25 bits per heavy atom. The van der Waals surface area contributed by atoms with Crippen LogP contribution in [0, 0.1) is 5.92 Å². The molecule has 162 valence electrons. The van der Waals surface area contributed by atoms with E-state index >= 15 is 0 Å². The maximum atomic E-state index is 13.0. The van der Waals surface area contributed by atoms with Crippen LogP contribution in [0.1, 0.15) is 12.2 Å². The topological polar surface area (TPSA) is 93.3 Å². The van der Waals surface area contributed by atoms with Gasteiger partial charge in [-0.3, -0.25) is 9.59 Å². The molecule has 3 aromatic heterocycles. The summed E-state index contributed by atoms with van der Waals surface area (Å²) in [6.45, 7) is 0.725. The number of hydrogen-bond donors (Lipinski definition) is 1. The Balaban J connectivity index is 1.36. The molecule has 5 rings (SSSR count). The van der Waals surface area contributed by atoms with E-state index in [1.807, 2.05) is 54.2 Å². The molecule has 0 radical (unpaired) electrons. The molecular formula is C23H21N5O3S. The monoisotopic (exact) mass is 447 g/mol. The van der Waals surface area contributed by atoms with Crippen LogP contribution < -0.4 is 5.32 Å². The van der Waals surface area contributed by atoms with E-state index in [0.717, 1.165) is 22.0 Å². The number of carbonyl (C=O) groups is 2. The van der Waals surface area contributed by atoms with Crippen molar-refractivity contribution in [1.82, 2.24) is 19.4 Å². The third kappa shape index (κ3) is 3.94. The van der Waals surface area contributed by atoms with Crippen molar-refractivity contribution >= 4 is 28.3 Å². The zero-order valence-electron chi connectivity index (χ0n) is 17.4. The van der Waals surface area contributed by atoms with Crippen molar-refractivity contribution in [2.75, 3.05) is 11.9 Å². The Hall–Kier alpha value is -3.72. The Labute approximate surface area is 188 Å². The lowest BCUT2D eigenvalue weighted by atomic mass is 10.1. The van der Waals surface area contributed by atoms with E-state index in [1.165, 1.54) is 11.3 Å². The quantitative estimate of drug-likeness (QED) is 0.485. The molecule has 1 N–H and O–H groups in total. The van der Waals surface area contributed by atoms with Crippen molar-refractivity contribution < 1.29 is 14.0 Å². The summed E-state index contributed by atoms with van der Waals surface area (Å²) in [4.78, 5) is 37.0. The van der Waals surface area contributed by atoms with Gasteiger partial charge in [-0.15, -0.1) is 0 Å². The number of rotatable bonds is 6. The number of aromatic nitrogens is 3. The summed E-state index contributed by atoms with van der Waals surface area (Å²) < 4.78 is 7.25. The number of nitrogens with zero attached hydrogens (tertiary/aromatic N) is 4. The van der Waals surface area contributed by atoms with Gasteiger partial charge in [0.2, 0.25) is 11.8 Å². The van der Waals surface area contributed by atoms with Gasteiger partial charge in [-0.1, -0.05) is 41.7 Å². The van der Waals surface area contributed by atoms with Gasteiger partial charge in [-0.2, -0.15) is 0 Å². The van der Waals surface area contributed by atoms with Crippen LogP contribution in [-0.2, 0) is 23.2 Å². The molecule has 9 heteroatoms. The number of nitrogens with one attached hydrogen (secondary N) is 1. The number of carbonyl (C=O) groups excluding carboxylic acids is 2. The highest BCUT2D eigenvalue weighted by molar-refractivity contribution is 7.19. The van der Waals surface area contributed by atoms with Crippen LogP contribution in [0.5, 0.6) is 0 Å². The minimum Gasteiger partial charge on any atom is -0.467 e. The molecule has 4 heterocycles. The van der Waals surface area contributed by atoms with E-state index in [1.54, 1.807) is 23.4 Å². The van der Waals surface area contributed by atoms with Gasteiger partial charge < -0.3 is 19.2 Å². The van der Waals surface area contributed by atoms with E-state index in [9.17, 15) is 9.59 Å². The normalized spacial score (nSPS) is 16.0. The number of likely N-dealkylation sites (tertiary alicyclic amines) is 1. The number of amides is 2. The molecule has 1 unspecified atom stereocenters. The van der Waals surface area contributed by atoms with E-state index in [-0.39, 0.29) is 18.2 Å². The van der Waals surface area contributed by atoms with Crippen LogP contribution in [0.25, 0.3) is 22.0 Å². The Kier molecular flexibility index (Phi) is 5.32. The molecule has 1 aliphatic heterocycles. The molecule has 0 saturated carbocycles. The summed E-state index contributed by atoms with van der Waals surface area (Å²) >= 11 is 1.38. The van der Waals surface area contributed by atoms with E-state index in [0.29, 0.717) is 24.0 Å². The number of thiazole rings is 1. The van der Waals surface area contributed by atoms with E-state index in [4.69, 9.17) is 9.40 Å². The Morgan fingerprint density at radius 3 is 2.81 bits per heavy atom. The van der Waals surface area contributed by atoms with Crippen LogP contribution in [-0.4, -0.2) is 37.8 Å². The zero-order valence-corrected chi connectivity index (χ0v) is 18.2. The Morgan fingerprint density at radius 2 is 2.09 bits per heavy atom. The lowest BCUT2D eigenvalue weighted by Crippen LogP contribution is -2.27. The molecule has 1 atom stereocenters. The standard InChI is InChI=1S/C23H21N5O3S/c1-27-10-9-24-21(27)20-19(15-6-3-2-4-7-15)25-23(32-20)26-22(30)16-12-18(29)28(13-16)14-17-8-5-11-31-17/h2-11,16H,12-14H2,1H3,(H,25,26,30). The minimum atomic E-state index is -0.432. The number of benzene rings is 1. The lowest BCUT2D eigenvalue weighted by Gasteiger charge is -2.14. The van der Waals surface area contributed by atoms with Gasteiger partial charge in [0, 0.05) is 38.0 Å². The Bertz CT molecular complexity index is 1250. The number of anilines is 1. The van der Waals surface area contributed by atoms with Crippen LogP contribution >= 0.6 is 11.3 Å². The summed E-state index contributed by atoms with van der Waals surface area (Å²) in [6.07, 6.45) is 5.36. The fraction of sp³-hybridized carbons (Fsp3) is 0.217. The number of imidazole rings is 1. The molecule has 1 fully saturated rings. The highest BCUT2D eigenvalue weighted by Gasteiger charge is 2.35. The SMILES string of the molecule is Cn1ccnc1-c1sc(NC(=O)C2CC(=O)N(Cc3ccco3)C2)nc1-c1ccccc1. The average molecular weight is 448 g/mol. The summed E-state index contributed by atoms with van der Waals surface area (Å²) in [5.74, 6) is 0.784. The fourth-order valence-corrected chi connectivity index (χ4v) is 4.83. The van der Waals surface area contributed by atoms with Gasteiger partial charge >= 0.3 is 0 Å². The predicted octanol–water partition coefficient (Wildman–Crippen LogP) is 3.79. The van der Waals surface area contributed by atoms with Gasteiger partial charge in [0.25, 0.3) is 0 Å². The van der Waals surface area contributed by atoms with Crippen molar-refractivity contribution in [2.45, 2.75) is 13.0 Å². The first-order chi connectivity index (χ1) is 15.6. The molecule has 32 heavy (non-hydrogen) atoms. The minimum absolute atomic E-state index is 0.0561. The molecular weight excluding hydrogens is 426 g/mol. The summed E-state index contributed by atoms with van der Waals surface area (Å²) in [6, 6.07) is 13.4. The smallest absolute Gasteiger partial charge is 0.231 e. The predicted molar refractivity (Wildman–Crippen MR) is 121 cm³/mol. The van der Waals surface area contributed by atoms with Gasteiger partial charge in [0.1, 0.15) is 5.76 Å². The second kappa shape index (κ2) is 8.43. The van der Waals surface area contributed by atoms with Gasteiger partial charge in [-0.25, -0.2) is 9.97 Å². The number of furan rings is 1. The lowest BCUT2D eigenvalue weighted by molar-refractivity contribution is -0.128. The van der Waals surface area contributed by atoms with Gasteiger partial charge in [0.05, 0.1) is 29.3 Å².